The second-order valence-electron chi connectivity index (χ2n) is 5.43. The van der Waals surface area contributed by atoms with E-state index in [0.717, 1.165) is 29.7 Å². The molecule has 0 aliphatic heterocycles. The fourth-order valence-electron chi connectivity index (χ4n) is 2.58. The molecule has 2 aromatic rings. The Labute approximate surface area is 146 Å². The van der Waals surface area contributed by atoms with E-state index in [1.165, 1.54) is 5.69 Å². The number of nitrogens with zero attached hydrogens (tertiary/aromatic N) is 1. The molecule has 1 amide bonds. The first-order valence-corrected chi connectivity index (χ1v) is 8.67. The first-order valence-electron chi connectivity index (χ1n) is 7.88. The zero-order chi connectivity index (χ0) is 16.8. The Morgan fingerprint density at radius 1 is 1.22 bits per heavy atom. The van der Waals surface area contributed by atoms with E-state index in [0.29, 0.717) is 17.9 Å². The van der Waals surface area contributed by atoms with Crippen molar-refractivity contribution in [2.75, 3.05) is 24.5 Å². The van der Waals surface area contributed by atoms with Crippen LogP contribution in [0.2, 0.25) is 0 Å². The molecule has 0 bridgehead atoms. The molecular formula is C18H23BrN2O2. The third-order valence-corrected chi connectivity index (χ3v) is 4.76. The van der Waals surface area contributed by atoms with E-state index in [9.17, 15) is 4.79 Å². The molecule has 1 aromatic carbocycles. The number of carbonyl (C=O) groups is 1. The van der Waals surface area contributed by atoms with Crippen LogP contribution in [-0.4, -0.2) is 25.5 Å². The summed E-state index contributed by atoms with van der Waals surface area (Å²) in [5.41, 5.74) is 1.81. The Morgan fingerprint density at radius 3 is 2.48 bits per heavy atom. The van der Waals surface area contributed by atoms with Gasteiger partial charge in [-0.1, -0.05) is 18.2 Å². The molecular weight excluding hydrogens is 356 g/mol. The predicted molar refractivity (Wildman–Crippen MR) is 97.2 cm³/mol. The number of anilines is 1. The van der Waals surface area contributed by atoms with Crippen molar-refractivity contribution in [1.29, 1.82) is 0 Å². The summed E-state index contributed by atoms with van der Waals surface area (Å²) in [4.78, 5) is 14.6. The van der Waals surface area contributed by atoms with E-state index in [4.69, 9.17) is 4.42 Å². The molecule has 1 aromatic heterocycles. The van der Waals surface area contributed by atoms with Gasteiger partial charge in [-0.25, -0.2) is 0 Å². The maximum atomic E-state index is 12.3. The van der Waals surface area contributed by atoms with Gasteiger partial charge in [-0.15, -0.1) is 0 Å². The van der Waals surface area contributed by atoms with Crippen LogP contribution in [0.1, 0.15) is 35.2 Å². The lowest BCUT2D eigenvalue weighted by Crippen LogP contribution is -2.30. The van der Waals surface area contributed by atoms with Crippen molar-refractivity contribution in [3.63, 3.8) is 0 Å². The molecule has 1 N–H and O–H groups in total. The zero-order valence-electron chi connectivity index (χ0n) is 13.9. The molecule has 2 rings (SSSR count). The van der Waals surface area contributed by atoms with E-state index < -0.39 is 0 Å². The van der Waals surface area contributed by atoms with Crippen molar-refractivity contribution in [2.45, 2.75) is 27.2 Å². The fourth-order valence-corrected chi connectivity index (χ4v) is 3.12. The summed E-state index contributed by atoms with van der Waals surface area (Å²) in [6, 6.07) is 10.3. The summed E-state index contributed by atoms with van der Waals surface area (Å²) in [7, 11) is 0. The Balaban J connectivity index is 1.84. The first kappa shape index (κ1) is 17.6. The number of furan rings is 1. The average molecular weight is 379 g/mol. The van der Waals surface area contributed by atoms with E-state index in [-0.39, 0.29) is 5.91 Å². The second kappa shape index (κ2) is 8.20. The van der Waals surface area contributed by atoms with Gasteiger partial charge in [-0.05, 0) is 55.3 Å². The van der Waals surface area contributed by atoms with Gasteiger partial charge >= 0.3 is 0 Å². The largest absolute Gasteiger partial charge is 0.465 e. The lowest BCUT2D eigenvalue weighted by atomic mass is 10.2. The van der Waals surface area contributed by atoms with Crippen LogP contribution < -0.4 is 10.2 Å². The molecule has 0 saturated heterocycles. The quantitative estimate of drug-likeness (QED) is 0.730. The molecule has 0 unspecified atom stereocenters. The van der Waals surface area contributed by atoms with Gasteiger partial charge in [0.05, 0.1) is 10.0 Å². The highest BCUT2D eigenvalue weighted by atomic mass is 79.9. The third kappa shape index (κ3) is 4.38. The minimum Gasteiger partial charge on any atom is -0.465 e. The number of hydrogen-bond donors (Lipinski definition) is 1. The summed E-state index contributed by atoms with van der Waals surface area (Å²) in [6.45, 7) is 8.28. The van der Waals surface area contributed by atoms with Gasteiger partial charge in [0, 0.05) is 25.3 Å². The molecule has 0 atom stereocenters. The van der Waals surface area contributed by atoms with Crippen LogP contribution in [0.25, 0.3) is 0 Å². The van der Waals surface area contributed by atoms with Crippen LogP contribution >= 0.6 is 15.9 Å². The highest BCUT2D eigenvalue weighted by Gasteiger charge is 2.19. The highest BCUT2D eigenvalue weighted by Crippen LogP contribution is 2.27. The third-order valence-electron chi connectivity index (χ3n) is 3.81. The van der Waals surface area contributed by atoms with Crippen LogP contribution in [-0.2, 0) is 0 Å². The van der Waals surface area contributed by atoms with Gasteiger partial charge in [0.15, 0.2) is 0 Å². The van der Waals surface area contributed by atoms with Crippen molar-refractivity contribution in [2.24, 2.45) is 0 Å². The molecule has 5 heteroatoms. The lowest BCUT2D eigenvalue weighted by molar-refractivity contribution is 0.0951. The maximum absolute atomic E-state index is 12.3. The molecule has 4 nitrogen and oxygen atoms in total. The summed E-state index contributed by atoms with van der Waals surface area (Å²) < 4.78 is 6.21. The number of benzene rings is 1. The second-order valence-corrected chi connectivity index (χ2v) is 6.22. The van der Waals surface area contributed by atoms with E-state index in [1.807, 2.05) is 25.1 Å². The molecule has 0 saturated carbocycles. The number of amides is 1. The van der Waals surface area contributed by atoms with Crippen LogP contribution in [0.15, 0.2) is 39.2 Å². The van der Waals surface area contributed by atoms with Crippen LogP contribution in [0.3, 0.4) is 0 Å². The summed E-state index contributed by atoms with van der Waals surface area (Å²) >= 11 is 3.41. The summed E-state index contributed by atoms with van der Waals surface area (Å²) in [5.74, 6) is 1.29. The topological polar surface area (TPSA) is 45.5 Å². The van der Waals surface area contributed by atoms with Crippen molar-refractivity contribution >= 4 is 27.5 Å². The van der Waals surface area contributed by atoms with Crippen LogP contribution in [0.4, 0.5) is 5.69 Å². The molecule has 0 aliphatic rings. The Kier molecular flexibility index (Phi) is 6.28. The molecule has 1 heterocycles. The minimum atomic E-state index is -0.0889. The number of rotatable bonds is 7. The van der Waals surface area contributed by atoms with Crippen LogP contribution in [0.5, 0.6) is 0 Å². The predicted octanol–water partition coefficient (Wildman–Crippen LogP) is 4.31. The number of halogens is 1. The molecule has 0 radical (unpaired) electrons. The number of hydrogen-bond acceptors (Lipinski definition) is 3. The Morgan fingerprint density at radius 2 is 1.91 bits per heavy atom. The van der Waals surface area contributed by atoms with E-state index in [1.54, 1.807) is 6.92 Å². The van der Waals surface area contributed by atoms with Gasteiger partial charge in [0.25, 0.3) is 5.91 Å². The van der Waals surface area contributed by atoms with Gasteiger partial charge in [-0.3, -0.25) is 4.79 Å². The monoisotopic (exact) mass is 378 g/mol. The van der Waals surface area contributed by atoms with Crippen LogP contribution in [0, 0.1) is 13.8 Å². The number of para-hydroxylation sites is 1. The van der Waals surface area contributed by atoms with E-state index in [2.05, 4.69) is 45.2 Å². The van der Waals surface area contributed by atoms with Crippen molar-refractivity contribution in [3.05, 3.63) is 51.9 Å². The Bertz CT molecular complexity index is 653. The Hall–Kier alpha value is -1.75. The van der Waals surface area contributed by atoms with Crippen molar-refractivity contribution in [3.8, 4) is 0 Å². The number of nitrogens with one attached hydrogen (secondary N) is 1. The van der Waals surface area contributed by atoms with Gasteiger partial charge in [-0.2, -0.15) is 0 Å². The summed E-state index contributed by atoms with van der Waals surface area (Å²) in [6.07, 6.45) is 0.891. The average Bonchev–Trinajstić information content (AvgIpc) is 2.81. The molecule has 23 heavy (non-hydrogen) atoms. The van der Waals surface area contributed by atoms with Crippen molar-refractivity contribution in [1.82, 2.24) is 5.32 Å². The molecule has 0 spiro atoms. The van der Waals surface area contributed by atoms with Gasteiger partial charge in [0.1, 0.15) is 11.5 Å². The maximum Gasteiger partial charge on any atom is 0.255 e. The number of carbonyl (C=O) groups excluding carboxylic acids is 1. The first-order chi connectivity index (χ1) is 11.0. The molecule has 124 valence electrons. The smallest absolute Gasteiger partial charge is 0.255 e. The fraction of sp³-hybridized carbons (Fsp3) is 0.389. The summed E-state index contributed by atoms with van der Waals surface area (Å²) in [5, 5.41) is 2.97. The molecule has 0 aliphatic carbocycles. The van der Waals surface area contributed by atoms with Gasteiger partial charge < -0.3 is 14.6 Å². The molecule has 0 fully saturated rings. The number of aryl methyl sites for hydroxylation is 2. The highest BCUT2D eigenvalue weighted by molar-refractivity contribution is 9.10. The standard InChI is InChI=1S/C18H23BrN2O2/c1-4-21(15-9-6-5-7-10-15)12-8-11-20-18(22)16-13(2)23-14(3)17(16)19/h5-7,9-10H,4,8,11-12H2,1-3H3,(H,20,22). The van der Waals surface area contributed by atoms with Crippen molar-refractivity contribution < 1.29 is 9.21 Å². The lowest BCUT2D eigenvalue weighted by Gasteiger charge is -2.23. The minimum absolute atomic E-state index is 0.0889. The normalized spacial score (nSPS) is 10.6. The SMILES string of the molecule is CCN(CCCNC(=O)c1c(C)oc(C)c1Br)c1ccccc1. The van der Waals surface area contributed by atoms with Gasteiger partial charge in [0.2, 0.25) is 0 Å². The van der Waals surface area contributed by atoms with E-state index >= 15 is 0 Å². The zero-order valence-corrected chi connectivity index (χ0v) is 15.4.